The van der Waals surface area contributed by atoms with E-state index in [4.69, 9.17) is 9.47 Å². The van der Waals surface area contributed by atoms with Gasteiger partial charge in [0.25, 0.3) is 0 Å². The maximum atomic E-state index is 11.3. The fourth-order valence-electron chi connectivity index (χ4n) is 1.52. The Kier molecular flexibility index (Phi) is 2.81. The number of benzene rings is 1. The van der Waals surface area contributed by atoms with E-state index in [0.29, 0.717) is 11.3 Å². The standard InChI is InChI=1S/C12H12O4/c1-14-10-4-3-8-5-9(12(13)15-2)7-16-11(8)6-10/h3-6H,7H2,1-2H3. The second-order valence-electron chi connectivity index (χ2n) is 3.35. The molecule has 1 heterocycles. The van der Waals surface area contributed by atoms with Crippen molar-refractivity contribution in [1.82, 2.24) is 0 Å². The van der Waals surface area contributed by atoms with E-state index < -0.39 is 0 Å². The Labute approximate surface area is 93.4 Å². The van der Waals surface area contributed by atoms with E-state index in [0.717, 1.165) is 11.3 Å². The van der Waals surface area contributed by atoms with E-state index in [9.17, 15) is 4.79 Å². The van der Waals surface area contributed by atoms with Crippen LogP contribution in [-0.4, -0.2) is 26.8 Å². The summed E-state index contributed by atoms with van der Waals surface area (Å²) in [5, 5.41) is 0. The predicted molar refractivity (Wildman–Crippen MR) is 58.5 cm³/mol. The predicted octanol–water partition coefficient (Wildman–Crippen LogP) is 1.64. The summed E-state index contributed by atoms with van der Waals surface area (Å²) in [6, 6.07) is 5.45. The van der Waals surface area contributed by atoms with Gasteiger partial charge in [-0.1, -0.05) is 0 Å². The lowest BCUT2D eigenvalue weighted by Crippen LogP contribution is -2.15. The average molecular weight is 220 g/mol. The maximum absolute atomic E-state index is 11.3. The summed E-state index contributed by atoms with van der Waals surface area (Å²) < 4.78 is 15.2. The van der Waals surface area contributed by atoms with Crippen LogP contribution in [0.1, 0.15) is 5.56 Å². The van der Waals surface area contributed by atoms with Gasteiger partial charge < -0.3 is 14.2 Å². The van der Waals surface area contributed by atoms with E-state index in [1.165, 1.54) is 7.11 Å². The van der Waals surface area contributed by atoms with Gasteiger partial charge in [-0.3, -0.25) is 0 Å². The maximum Gasteiger partial charge on any atom is 0.337 e. The van der Waals surface area contributed by atoms with Crippen molar-refractivity contribution in [3.8, 4) is 11.5 Å². The van der Waals surface area contributed by atoms with Crippen LogP contribution in [0.3, 0.4) is 0 Å². The number of carbonyl (C=O) groups is 1. The molecule has 0 saturated carbocycles. The summed E-state index contributed by atoms with van der Waals surface area (Å²) in [5.74, 6) is 1.09. The highest BCUT2D eigenvalue weighted by molar-refractivity contribution is 5.95. The third-order valence-corrected chi connectivity index (χ3v) is 2.38. The van der Waals surface area contributed by atoms with Crippen LogP contribution >= 0.6 is 0 Å². The van der Waals surface area contributed by atoms with E-state index in [-0.39, 0.29) is 12.6 Å². The highest BCUT2D eigenvalue weighted by Crippen LogP contribution is 2.30. The number of ether oxygens (including phenoxy) is 3. The Balaban J connectivity index is 2.34. The molecule has 0 unspecified atom stereocenters. The van der Waals surface area contributed by atoms with Gasteiger partial charge in [-0.05, 0) is 18.2 Å². The van der Waals surface area contributed by atoms with Gasteiger partial charge in [0.05, 0.1) is 19.8 Å². The summed E-state index contributed by atoms with van der Waals surface area (Å²) in [7, 11) is 2.95. The first-order chi connectivity index (χ1) is 7.74. The van der Waals surface area contributed by atoms with Gasteiger partial charge in [-0.2, -0.15) is 0 Å². The van der Waals surface area contributed by atoms with Gasteiger partial charge in [0.15, 0.2) is 0 Å². The van der Waals surface area contributed by atoms with Crippen LogP contribution in [-0.2, 0) is 9.53 Å². The van der Waals surface area contributed by atoms with Crippen molar-refractivity contribution in [3.63, 3.8) is 0 Å². The zero-order valence-corrected chi connectivity index (χ0v) is 9.15. The Bertz CT molecular complexity index is 448. The molecule has 0 amide bonds. The molecule has 0 aliphatic carbocycles. The summed E-state index contributed by atoms with van der Waals surface area (Å²) in [5.41, 5.74) is 1.37. The molecule has 0 radical (unpaired) electrons. The third-order valence-electron chi connectivity index (χ3n) is 2.38. The van der Waals surface area contributed by atoms with Crippen LogP contribution in [0.4, 0.5) is 0 Å². The molecule has 0 aromatic heterocycles. The molecule has 0 N–H and O–H groups in total. The van der Waals surface area contributed by atoms with E-state index >= 15 is 0 Å². The van der Waals surface area contributed by atoms with Gasteiger partial charge in [0, 0.05) is 11.6 Å². The minimum atomic E-state index is -0.360. The highest BCUT2D eigenvalue weighted by atomic mass is 16.5. The lowest BCUT2D eigenvalue weighted by molar-refractivity contribution is -0.136. The van der Waals surface area contributed by atoms with E-state index in [2.05, 4.69) is 4.74 Å². The van der Waals surface area contributed by atoms with Crippen LogP contribution in [0, 0.1) is 0 Å². The molecule has 1 aromatic rings. The second kappa shape index (κ2) is 4.26. The quantitative estimate of drug-likeness (QED) is 0.711. The molecule has 4 heteroatoms. The first kappa shape index (κ1) is 10.5. The van der Waals surface area contributed by atoms with Crippen molar-refractivity contribution in [2.24, 2.45) is 0 Å². The fourth-order valence-corrected chi connectivity index (χ4v) is 1.52. The zero-order chi connectivity index (χ0) is 11.5. The molecular formula is C12H12O4. The average Bonchev–Trinajstić information content (AvgIpc) is 2.36. The SMILES string of the molecule is COC(=O)C1=Cc2ccc(OC)cc2OC1. The number of fused-ring (bicyclic) bond motifs is 1. The summed E-state index contributed by atoms with van der Waals surface area (Å²) in [6.07, 6.45) is 1.77. The van der Waals surface area contributed by atoms with Gasteiger partial charge in [0.2, 0.25) is 0 Å². The second-order valence-corrected chi connectivity index (χ2v) is 3.35. The Hall–Kier alpha value is -1.97. The Morgan fingerprint density at radius 3 is 2.88 bits per heavy atom. The van der Waals surface area contributed by atoms with Crippen molar-refractivity contribution >= 4 is 12.0 Å². The molecule has 1 aliphatic heterocycles. The van der Waals surface area contributed by atoms with Gasteiger partial charge in [0.1, 0.15) is 18.1 Å². The molecule has 16 heavy (non-hydrogen) atoms. The molecule has 0 bridgehead atoms. The first-order valence-electron chi connectivity index (χ1n) is 4.84. The third kappa shape index (κ3) is 1.86. The highest BCUT2D eigenvalue weighted by Gasteiger charge is 2.17. The number of hydrogen-bond donors (Lipinski definition) is 0. The molecule has 84 valence electrons. The van der Waals surface area contributed by atoms with Crippen LogP contribution in [0.25, 0.3) is 6.08 Å². The molecular weight excluding hydrogens is 208 g/mol. The largest absolute Gasteiger partial charge is 0.497 e. The van der Waals surface area contributed by atoms with Crippen molar-refractivity contribution in [3.05, 3.63) is 29.3 Å². The molecule has 0 spiro atoms. The normalized spacial score (nSPS) is 13.2. The smallest absolute Gasteiger partial charge is 0.337 e. The minimum Gasteiger partial charge on any atom is -0.497 e. The van der Waals surface area contributed by atoms with Crippen LogP contribution in [0.5, 0.6) is 11.5 Å². The monoisotopic (exact) mass is 220 g/mol. The molecule has 0 saturated heterocycles. The number of methoxy groups -OCH3 is 2. The lowest BCUT2D eigenvalue weighted by Gasteiger charge is -2.17. The number of carbonyl (C=O) groups excluding carboxylic acids is 1. The fraction of sp³-hybridized carbons (Fsp3) is 0.250. The van der Waals surface area contributed by atoms with Crippen LogP contribution < -0.4 is 9.47 Å². The topological polar surface area (TPSA) is 44.8 Å². The zero-order valence-electron chi connectivity index (χ0n) is 9.15. The molecule has 0 atom stereocenters. The molecule has 2 rings (SSSR count). The van der Waals surface area contributed by atoms with Crippen molar-refractivity contribution < 1.29 is 19.0 Å². The Morgan fingerprint density at radius 1 is 1.38 bits per heavy atom. The van der Waals surface area contributed by atoms with Crippen molar-refractivity contribution in [2.75, 3.05) is 20.8 Å². The minimum absolute atomic E-state index is 0.229. The lowest BCUT2D eigenvalue weighted by atomic mass is 10.1. The number of hydrogen-bond acceptors (Lipinski definition) is 4. The number of rotatable bonds is 2. The van der Waals surface area contributed by atoms with Gasteiger partial charge in [-0.25, -0.2) is 4.79 Å². The summed E-state index contributed by atoms with van der Waals surface area (Å²) in [6.45, 7) is 0.229. The molecule has 1 aliphatic rings. The van der Waals surface area contributed by atoms with Gasteiger partial charge in [-0.15, -0.1) is 0 Å². The Morgan fingerprint density at radius 2 is 2.19 bits per heavy atom. The van der Waals surface area contributed by atoms with Crippen molar-refractivity contribution in [1.29, 1.82) is 0 Å². The summed E-state index contributed by atoms with van der Waals surface area (Å²) in [4.78, 5) is 11.3. The molecule has 0 fully saturated rings. The molecule has 4 nitrogen and oxygen atoms in total. The first-order valence-corrected chi connectivity index (χ1v) is 4.84. The van der Waals surface area contributed by atoms with E-state index in [1.807, 2.05) is 12.1 Å². The molecule has 1 aromatic carbocycles. The van der Waals surface area contributed by atoms with Crippen molar-refractivity contribution in [2.45, 2.75) is 0 Å². The van der Waals surface area contributed by atoms with Crippen LogP contribution in [0.2, 0.25) is 0 Å². The van der Waals surface area contributed by atoms with E-state index in [1.54, 1.807) is 19.3 Å². The summed E-state index contributed by atoms with van der Waals surface area (Å²) >= 11 is 0. The van der Waals surface area contributed by atoms with Crippen LogP contribution in [0.15, 0.2) is 23.8 Å². The van der Waals surface area contributed by atoms with Gasteiger partial charge >= 0.3 is 5.97 Å². The number of esters is 1.